The highest BCUT2D eigenvalue weighted by Crippen LogP contribution is 2.24. The van der Waals surface area contributed by atoms with Crippen LogP contribution in [0.2, 0.25) is 0 Å². The number of carbonyl (C=O) groups is 1. The quantitative estimate of drug-likeness (QED) is 0.682. The molecule has 8 nitrogen and oxygen atoms in total. The maximum absolute atomic E-state index is 11.7. The summed E-state index contributed by atoms with van der Waals surface area (Å²) in [5, 5.41) is 21.5. The molecule has 0 atom stereocenters. The minimum absolute atomic E-state index is 0.0971. The van der Waals surface area contributed by atoms with Crippen molar-refractivity contribution in [1.29, 1.82) is 0 Å². The summed E-state index contributed by atoms with van der Waals surface area (Å²) in [6.07, 6.45) is 7.15. The van der Waals surface area contributed by atoms with Crippen molar-refractivity contribution >= 4 is 11.7 Å². The summed E-state index contributed by atoms with van der Waals surface area (Å²) in [6, 6.07) is 8.08. The van der Waals surface area contributed by atoms with Crippen molar-refractivity contribution in [2.45, 2.75) is 32.4 Å². The van der Waals surface area contributed by atoms with Gasteiger partial charge in [-0.2, -0.15) is 10.2 Å². The van der Waals surface area contributed by atoms with E-state index in [0.29, 0.717) is 25.3 Å². The molecule has 3 aromatic rings. The standard InChI is InChI=1S/C20H23N5O3/c1-14-3-4-17(24-8-2-7-22-24)11-18(14)21-12-15-13-25(23-19(15)20(26)27)16-5-9-28-10-6-16/h2-4,7-8,11,13,16,21H,5-6,9-10,12H2,1H3,(H,26,27). The average molecular weight is 381 g/mol. The number of aromatic nitrogens is 4. The molecule has 0 bridgehead atoms. The molecule has 0 unspecified atom stereocenters. The molecule has 4 rings (SSSR count). The van der Waals surface area contributed by atoms with Gasteiger partial charge < -0.3 is 15.2 Å². The maximum atomic E-state index is 11.7. The first kappa shape index (κ1) is 18.2. The molecule has 2 N–H and O–H groups in total. The Morgan fingerprint density at radius 3 is 2.89 bits per heavy atom. The van der Waals surface area contributed by atoms with E-state index in [9.17, 15) is 9.90 Å². The number of aryl methyl sites for hydroxylation is 1. The van der Waals surface area contributed by atoms with Crippen LogP contribution in [0.5, 0.6) is 0 Å². The largest absolute Gasteiger partial charge is 0.476 e. The highest BCUT2D eigenvalue weighted by Gasteiger charge is 2.22. The summed E-state index contributed by atoms with van der Waals surface area (Å²) < 4.78 is 8.97. The fourth-order valence-electron chi connectivity index (χ4n) is 3.43. The number of aromatic carboxylic acids is 1. The zero-order valence-corrected chi connectivity index (χ0v) is 15.7. The number of hydrogen-bond acceptors (Lipinski definition) is 5. The zero-order chi connectivity index (χ0) is 19.5. The third-order valence-corrected chi connectivity index (χ3v) is 5.03. The van der Waals surface area contributed by atoms with Crippen LogP contribution in [0.3, 0.4) is 0 Å². The first-order chi connectivity index (χ1) is 13.6. The molecule has 2 aromatic heterocycles. The highest BCUT2D eigenvalue weighted by molar-refractivity contribution is 5.87. The summed E-state index contributed by atoms with van der Waals surface area (Å²) in [6.45, 7) is 3.76. The molecule has 0 saturated carbocycles. The van der Waals surface area contributed by atoms with Crippen LogP contribution in [0.4, 0.5) is 5.69 Å². The molecule has 0 amide bonds. The van der Waals surface area contributed by atoms with Crippen LogP contribution >= 0.6 is 0 Å². The lowest BCUT2D eigenvalue weighted by Crippen LogP contribution is -2.20. The van der Waals surface area contributed by atoms with Gasteiger partial charge in [0.25, 0.3) is 0 Å². The number of rotatable bonds is 6. The summed E-state index contributed by atoms with van der Waals surface area (Å²) in [4.78, 5) is 11.7. The molecule has 1 aromatic carbocycles. The minimum atomic E-state index is -1.01. The van der Waals surface area contributed by atoms with Gasteiger partial charge in [-0.25, -0.2) is 9.48 Å². The average Bonchev–Trinajstić information content (AvgIpc) is 3.38. The SMILES string of the molecule is Cc1ccc(-n2cccn2)cc1NCc1cn(C2CCOCC2)nc1C(=O)O. The molecular weight excluding hydrogens is 358 g/mol. The molecule has 0 spiro atoms. The molecule has 3 heterocycles. The van der Waals surface area contributed by atoms with E-state index in [-0.39, 0.29) is 11.7 Å². The predicted octanol–water partition coefficient (Wildman–Crippen LogP) is 3.04. The zero-order valence-electron chi connectivity index (χ0n) is 15.7. The number of ether oxygens (including phenoxy) is 1. The Bertz CT molecular complexity index is 958. The lowest BCUT2D eigenvalue weighted by atomic mass is 10.1. The van der Waals surface area contributed by atoms with Crippen molar-refractivity contribution in [3.8, 4) is 5.69 Å². The van der Waals surface area contributed by atoms with Gasteiger partial charge in [-0.3, -0.25) is 4.68 Å². The summed E-state index contributed by atoms with van der Waals surface area (Å²) in [7, 11) is 0. The number of carboxylic acids is 1. The lowest BCUT2D eigenvalue weighted by molar-refractivity contribution is 0.0645. The summed E-state index contributed by atoms with van der Waals surface area (Å²) in [5.74, 6) is -1.01. The van der Waals surface area contributed by atoms with Gasteiger partial charge in [0, 0.05) is 49.6 Å². The van der Waals surface area contributed by atoms with Crippen LogP contribution in [-0.4, -0.2) is 43.9 Å². The van der Waals surface area contributed by atoms with E-state index in [1.54, 1.807) is 15.6 Å². The third kappa shape index (κ3) is 3.77. The number of anilines is 1. The molecule has 1 aliphatic rings. The van der Waals surface area contributed by atoms with E-state index in [4.69, 9.17) is 4.74 Å². The summed E-state index contributed by atoms with van der Waals surface area (Å²) in [5.41, 5.74) is 3.71. The van der Waals surface area contributed by atoms with Gasteiger partial charge >= 0.3 is 5.97 Å². The Morgan fingerprint density at radius 1 is 1.36 bits per heavy atom. The molecule has 28 heavy (non-hydrogen) atoms. The molecule has 8 heteroatoms. The van der Waals surface area contributed by atoms with Crippen LogP contribution in [-0.2, 0) is 11.3 Å². The monoisotopic (exact) mass is 381 g/mol. The topological polar surface area (TPSA) is 94.2 Å². The first-order valence-corrected chi connectivity index (χ1v) is 9.35. The van der Waals surface area contributed by atoms with Gasteiger partial charge in [-0.1, -0.05) is 6.07 Å². The molecule has 1 fully saturated rings. The maximum Gasteiger partial charge on any atom is 0.356 e. The fourth-order valence-corrected chi connectivity index (χ4v) is 3.43. The van der Waals surface area contributed by atoms with E-state index < -0.39 is 5.97 Å². The number of benzene rings is 1. The van der Waals surface area contributed by atoms with E-state index in [0.717, 1.165) is 29.8 Å². The molecule has 0 radical (unpaired) electrons. The van der Waals surface area contributed by atoms with Crippen LogP contribution < -0.4 is 5.32 Å². The van der Waals surface area contributed by atoms with Crippen molar-refractivity contribution in [2.75, 3.05) is 18.5 Å². The fraction of sp³-hybridized carbons (Fsp3) is 0.350. The second kappa shape index (κ2) is 7.85. The van der Waals surface area contributed by atoms with Crippen LogP contribution in [0.25, 0.3) is 5.69 Å². The summed E-state index contributed by atoms with van der Waals surface area (Å²) >= 11 is 0. The highest BCUT2D eigenvalue weighted by atomic mass is 16.5. The first-order valence-electron chi connectivity index (χ1n) is 9.35. The number of carboxylic acid groups (broad SMARTS) is 1. The van der Waals surface area contributed by atoms with E-state index in [1.165, 1.54) is 0 Å². The van der Waals surface area contributed by atoms with Gasteiger partial charge in [0.05, 0.1) is 11.7 Å². The lowest BCUT2D eigenvalue weighted by Gasteiger charge is -2.22. The van der Waals surface area contributed by atoms with Gasteiger partial charge in [-0.05, 0) is 43.5 Å². The van der Waals surface area contributed by atoms with Gasteiger partial charge in [-0.15, -0.1) is 0 Å². The van der Waals surface area contributed by atoms with Crippen molar-refractivity contribution in [3.05, 3.63) is 59.7 Å². The Kier molecular flexibility index (Phi) is 5.12. The Hall–Kier alpha value is -3.13. The molecular formula is C20H23N5O3. The number of hydrogen-bond donors (Lipinski definition) is 2. The molecule has 1 aliphatic heterocycles. The van der Waals surface area contributed by atoms with Crippen molar-refractivity contribution in [1.82, 2.24) is 19.6 Å². The molecule has 1 saturated heterocycles. The van der Waals surface area contributed by atoms with E-state index in [1.807, 2.05) is 43.6 Å². The second-order valence-corrected chi connectivity index (χ2v) is 6.94. The van der Waals surface area contributed by atoms with Crippen molar-refractivity contribution in [3.63, 3.8) is 0 Å². The third-order valence-electron chi connectivity index (χ3n) is 5.03. The normalized spacial score (nSPS) is 14.9. The van der Waals surface area contributed by atoms with Gasteiger partial charge in [0.15, 0.2) is 5.69 Å². The van der Waals surface area contributed by atoms with Crippen LogP contribution in [0, 0.1) is 6.92 Å². The van der Waals surface area contributed by atoms with Gasteiger partial charge in [0.1, 0.15) is 0 Å². The number of nitrogens with zero attached hydrogens (tertiary/aromatic N) is 4. The smallest absolute Gasteiger partial charge is 0.356 e. The predicted molar refractivity (Wildman–Crippen MR) is 104 cm³/mol. The molecule has 146 valence electrons. The Morgan fingerprint density at radius 2 is 2.18 bits per heavy atom. The van der Waals surface area contributed by atoms with Crippen LogP contribution in [0.15, 0.2) is 42.9 Å². The Balaban J connectivity index is 1.55. The van der Waals surface area contributed by atoms with Crippen molar-refractivity contribution in [2.24, 2.45) is 0 Å². The van der Waals surface area contributed by atoms with Crippen LogP contribution in [0.1, 0.15) is 40.5 Å². The second-order valence-electron chi connectivity index (χ2n) is 6.94. The van der Waals surface area contributed by atoms with Gasteiger partial charge in [0.2, 0.25) is 0 Å². The minimum Gasteiger partial charge on any atom is -0.476 e. The molecule has 0 aliphatic carbocycles. The van der Waals surface area contributed by atoms with E-state index >= 15 is 0 Å². The number of nitrogens with one attached hydrogen (secondary N) is 1. The Labute approximate surface area is 162 Å². The van der Waals surface area contributed by atoms with Crippen molar-refractivity contribution < 1.29 is 14.6 Å². The van der Waals surface area contributed by atoms with E-state index in [2.05, 4.69) is 15.5 Å².